The van der Waals surface area contributed by atoms with Crippen LogP contribution in [0.4, 0.5) is 11.4 Å². The molecule has 0 aliphatic heterocycles. The summed E-state index contributed by atoms with van der Waals surface area (Å²) in [5.41, 5.74) is 7.28. The lowest BCUT2D eigenvalue weighted by molar-refractivity contribution is 0.103. The quantitative estimate of drug-likeness (QED) is 0.441. The monoisotopic (exact) mass is 443 g/mol. The van der Waals surface area contributed by atoms with Crippen LogP contribution in [0.2, 0.25) is 5.02 Å². The van der Waals surface area contributed by atoms with E-state index in [2.05, 4.69) is 9.71 Å². The number of halogens is 1. The normalized spacial score (nSPS) is 11.9. The van der Waals surface area contributed by atoms with Gasteiger partial charge in [0.25, 0.3) is 10.0 Å². The maximum absolute atomic E-state index is 12.9. The van der Waals surface area contributed by atoms with Gasteiger partial charge in [-0.3, -0.25) is 9.52 Å². The molecule has 6 nitrogen and oxygen atoms in total. The summed E-state index contributed by atoms with van der Waals surface area (Å²) in [6.45, 7) is 6.13. The van der Waals surface area contributed by atoms with Gasteiger partial charge in [0.1, 0.15) is 5.69 Å². The van der Waals surface area contributed by atoms with E-state index in [9.17, 15) is 13.2 Å². The highest BCUT2D eigenvalue weighted by atomic mass is 35.5. The van der Waals surface area contributed by atoms with E-state index in [1.165, 1.54) is 30.5 Å². The van der Waals surface area contributed by atoms with Crippen LogP contribution in [-0.4, -0.2) is 19.2 Å². The van der Waals surface area contributed by atoms with Crippen LogP contribution in [0.25, 0.3) is 0 Å². The molecule has 3 rings (SSSR count). The minimum absolute atomic E-state index is 0.00479. The molecule has 3 aromatic rings. The largest absolute Gasteiger partial charge is 0.399 e. The van der Waals surface area contributed by atoms with Gasteiger partial charge >= 0.3 is 0 Å². The first-order valence-corrected chi connectivity index (χ1v) is 11.0. The number of hydrogen-bond donors (Lipinski definition) is 2. The van der Waals surface area contributed by atoms with Gasteiger partial charge in [0.05, 0.1) is 15.6 Å². The predicted octanol–water partition coefficient (Wildman–Crippen LogP) is 4.65. The Hall–Kier alpha value is -2.90. The molecule has 0 unspecified atom stereocenters. The molecule has 0 amide bonds. The van der Waals surface area contributed by atoms with Crippen LogP contribution in [0.1, 0.15) is 42.4 Å². The van der Waals surface area contributed by atoms with Gasteiger partial charge in [0.2, 0.25) is 5.78 Å². The van der Waals surface area contributed by atoms with Gasteiger partial charge in [-0.15, -0.1) is 0 Å². The minimum Gasteiger partial charge on any atom is -0.399 e. The van der Waals surface area contributed by atoms with Crippen molar-refractivity contribution in [2.75, 3.05) is 10.5 Å². The number of nitrogens with zero attached hydrogens (tertiary/aromatic N) is 1. The molecule has 156 valence electrons. The zero-order valence-corrected chi connectivity index (χ0v) is 18.4. The number of nitrogens with two attached hydrogens (primary N) is 1. The summed E-state index contributed by atoms with van der Waals surface area (Å²) in [5, 5.41) is 0.194. The molecule has 0 atom stereocenters. The highest BCUT2D eigenvalue weighted by molar-refractivity contribution is 7.92. The molecule has 0 spiro atoms. The predicted molar refractivity (Wildman–Crippen MR) is 119 cm³/mol. The minimum atomic E-state index is -3.96. The molecule has 1 heterocycles. The number of anilines is 2. The molecular weight excluding hydrogens is 422 g/mol. The summed E-state index contributed by atoms with van der Waals surface area (Å²) in [4.78, 5) is 17.0. The van der Waals surface area contributed by atoms with Gasteiger partial charge in [0, 0.05) is 17.4 Å². The second-order valence-electron chi connectivity index (χ2n) is 7.88. The molecule has 8 heteroatoms. The summed E-state index contributed by atoms with van der Waals surface area (Å²) >= 11 is 6.01. The standard InChI is InChI=1S/C22H22ClN3O3S/c1-22(2,3)15-7-9-18(10-8-15)30(28,29)26-19-12-16(23)13-25-20(19)21(27)14-5-4-6-17(24)11-14/h4-13,26H,24H2,1-3H3. The van der Waals surface area contributed by atoms with Crippen LogP contribution >= 0.6 is 11.6 Å². The van der Waals surface area contributed by atoms with Gasteiger partial charge in [-0.2, -0.15) is 0 Å². The highest BCUT2D eigenvalue weighted by Gasteiger charge is 2.22. The van der Waals surface area contributed by atoms with Crippen LogP contribution in [-0.2, 0) is 15.4 Å². The Kier molecular flexibility index (Phi) is 5.87. The zero-order chi connectivity index (χ0) is 22.1. The van der Waals surface area contributed by atoms with E-state index in [0.717, 1.165) is 5.56 Å². The average molecular weight is 444 g/mol. The Bertz CT molecular complexity index is 1200. The second kappa shape index (κ2) is 8.08. The van der Waals surface area contributed by atoms with Crippen molar-refractivity contribution in [2.45, 2.75) is 31.1 Å². The second-order valence-corrected chi connectivity index (χ2v) is 10.0. The van der Waals surface area contributed by atoms with Crippen molar-refractivity contribution < 1.29 is 13.2 Å². The highest BCUT2D eigenvalue weighted by Crippen LogP contribution is 2.27. The third-order valence-electron chi connectivity index (χ3n) is 4.49. The number of sulfonamides is 1. The lowest BCUT2D eigenvalue weighted by atomic mass is 9.87. The van der Waals surface area contributed by atoms with Crippen LogP contribution in [0.15, 0.2) is 65.7 Å². The molecule has 2 aromatic carbocycles. The molecule has 1 aromatic heterocycles. The molecular formula is C22H22ClN3O3S. The summed E-state index contributed by atoms with van der Waals surface area (Å²) < 4.78 is 28.3. The lowest BCUT2D eigenvalue weighted by Crippen LogP contribution is -2.18. The molecule has 0 saturated carbocycles. The number of aromatic nitrogens is 1. The molecule has 0 bridgehead atoms. The number of nitrogen functional groups attached to an aromatic ring is 1. The van der Waals surface area contributed by atoms with Gasteiger partial charge in [-0.1, -0.05) is 56.6 Å². The Balaban J connectivity index is 1.98. The smallest absolute Gasteiger partial charge is 0.261 e. The first-order chi connectivity index (χ1) is 14.0. The molecule has 0 aliphatic carbocycles. The number of carbonyl (C=O) groups excluding carboxylic acids is 1. The van der Waals surface area contributed by atoms with Gasteiger partial charge in [-0.25, -0.2) is 13.4 Å². The molecule has 0 aliphatic rings. The first kappa shape index (κ1) is 21.8. The maximum Gasteiger partial charge on any atom is 0.261 e. The van der Waals surface area contributed by atoms with E-state index in [0.29, 0.717) is 11.3 Å². The van der Waals surface area contributed by atoms with Crippen molar-refractivity contribution in [3.63, 3.8) is 0 Å². The van der Waals surface area contributed by atoms with Crippen LogP contribution < -0.4 is 10.5 Å². The summed E-state index contributed by atoms with van der Waals surface area (Å²) in [7, 11) is -3.96. The zero-order valence-electron chi connectivity index (χ0n) is 16.8. The van der Waals surface area contributed by atoms with Gasteiger partial charge < -0.3 is 5.73 Å². The van der Waals surface area contributed by atoms with Gasteiger partial charge in [-0.05, 0) is 41.3 Å². The molecule has 30 heavy (non-hydrogen) atoms. The number of carbonyl (C=O) groups is 1. The van der Waals surface area contributed by atoms with E-state index < -0.39 is 15.8 Å². The summed E-state index contributed by atoms with van der Waals surface area (Å²) in [6, 6.07) is 14.3. The molecule has 0 radical (unpaired) electrons. The molecule has 3 N–H and O–H groups in total. The van der Waals surface area contributed by atoms with Crippen LogP contribution in [0.3, 0.4) is 0 Å². The summed E-state index contributed by atoms with van der Waals surface area (Å²) in [6.07, 6.45) is 1.29. The first-order valence-electron chi connectivity index (χ1n) is 9.16. The van der Waals surface area contributed by atoms with Crippen molar-refractivity contribution in [3.05, 3.63) is 82.6 Å². The van der Waals surface area contributed by atoms with E-state index in [1.54, 1.807) is 30.3 Å². The topological polar surface area (TPSA) is 102 Å². The Morgan fingerprint density at radius 2 is 1.73 bits per heavy atom. The Labute approximate surface area is 181 Å². The number of benzene rings is 2. The fourth-order valence-electron chi connectivity index (χ4n) is 2.85. The van der Waals surface area contributed by atoms with E-state index in [1.807, 2.05) is 20.8 Å². The van der Waals surface area contributed by atoms with E-state index in [4.69, 9.17) is 17.3 Å². The molecule has 0 saturated heterocycles. The number of rotatable bonds is 5. The van der Waals surface area contributed by atoms with Crippen molar-refractivity contribution in [1.82, 2.24) is 4.98 Å². The summed E-state index contributed by atoms with van der Waals surface area (Å²) in [5.74, 6) is -0.472. The van der Waals surface area contributed by atoms with Crippen LogP contribution in [0, 0.1) is 0 Å². The number of hydrogen-bond acceptors (Lipinski definition) is 5. The molecule has 0 fully saturated rings. The van der Waals surface area contributed by atoms with Crippen molar-refractivity contribution in [3.8, 4) is 0 Å². The lowest BCUT2D eigenvalue weighted by Gasteiger charge is -2.19. The van der Waals surface area contributed by atoms with E-state index >= 15 is 0 Å². The fourth-order valence-corrected chi connectivity index (χ4v) is 4.07. The Morgan fingerprint density at radius 3 is 2.33 bits per heavy atom. The average Bonchev–Trinajstić information content (AvgIpc) is 2.67. The number of pyridine rings is 1. The third kappa shape index (κ3) is 4.80. The van der Waals surface area contributed by atoms with E-state index in [-0.39, 0.29) is 26.7 Å². The fraction of sp³-hybridized carbons (Fsp3) is 0.182. The van der Waals surface area contributed by atoms with Crippen molar-refractivity contribution in [2.24, 2.45) is 0 Å². The maximum atomic E-state index is 12.9. The van der Waals surface area contributed by atoms with Gasteiger partial charge in [0.15, 0.2) is 0 Å². The SMILES string of the molecule is CC(C)(C)c1ccc(S(=O)(=O)Nc2cc(Cl)cnc2C(=O)c2cccc(N)c2)cc1. The number of nitrogens with one attached hydrogen (secondary N) is 1. The van der Waals surface area contributed by atoms with Crippen molar-refractivity contribution >= 4 is 38.8 Å². The Morgan fingerprint density at radius 1 is 1.07 bits per heavy atom. The third-order valence-corrected chi connectivity index (χ3v) is 6.08. The van der Waals surface area contributed by atoms with Crippen LogP contribution in [0.5, 0.6) is 0 Å². The van der Waals surface area contributed by atoms with Crippen molar-refractivity contribution in [1.29, 1.82) is 0 Å². The number of ketones is 1.